The number of hydrogen-bond acceptors (Lipinski definition) is 4. The molecule has 0 saturated carbocycles. The molecule has 5 heteroatoms. The summed E-state index contributed by atoms with van der Waals surface area (Å²) in [4.78, 5) is 4.78. The minimum absolute atomic E-state index is 0.328. The van der Waals surface area contributed by atoms with Crippen molar-refractivity contribution in [2.24, 2.45) is 0 Å². The second-order valence-corrected chi connectivity index (χ2v) is 6.55. The van der Waals surface area contributed by atoms with E-state index in [1.54, 1.807) is 19.2 Å². The molecule has 2 aromatic carbocycles. The topological polar surface area (TPSA) is 35.9 Å². The summed E-state index contributed by atoms with van der Waals surface area (Å²) < 4.78 is 5.24. The molecule has 0 bridgehead atoms. The molecule has 0 atom stereocenters. The Kier molecular flexibility index (Phi) is 5.61. The van der Waals surface area contributed by atoms with E-state index in [0.29, 0.717) is 5.75 Å². The summed E-state index contributed by atoms with van der Waals surface area (Å²) in [6.07, 6.45) is 0. The van der Waals surface area contributed by atoms with Gasteiger partial charge in [-0.25, -0.2) is 0 Å². The summed E-state index contributed by atoms with van der Waals surface area (Å²) in [5.41, 5.74) is 2.09. The average molecular weight is 347 g/mol. The Morgan fingerprint density at radius 3 is 2.21 bits per heavy atom. The summed E-state index contributed by atoms with van der Waals surface area (Å²) in [5, 5.41) is 10.9. The van der Waals surface area contributed by atoms with Crippen LogP contribution in [0.3, 0.4) is 0 Å². The first-order valence-electron chi connectivity index (χ1n) is 8.19. The largest absolute Gasteiger partial charge is 0.508 e. The minimum atomic E-state index is 0.328. The number of phenols is 1. The molecule has 0 aromatic heterocycles. The zero-order valence-corrected chi connectivity index (χ0v) is 14.7. The SMILES string of the molecule is COc1ccc(O)c(CN2CCN(Cc3ccccc3Cl)CC2)c1. The molecule has 128 valence electrons. The molecule has 1 fully saturated rings. The average Bonchev–Trinajstić information content (AvgIpc) is 2.60. The molecule has 0 spiro atoms. The van der Waals surface area contributed by atoms with Gasteiger partial charge in [0, 0.05) is 49.9 Å². The van der Waals surface area contributed by atoms with Crippen molar-refractivity contribution in [3.05, 3.63) is 58.6 Å². The molecule has 24 heavy (non-hydrogen) atoms. The van der Waals surface area contributed by atoms with Crippen LogP contribution in [0.25, 0.3) is 0 Å². The van der Waals surface area contributed by atoms with E-state index in [2.05, 4.69) is 15.9 Å². The molecular formula is C19H23ClN2O2. The van der Waals surface area contributed by atoms with Crippen LogP contribution in [-0.2, 0) is 13.1 Å². The van der Waals surface area contributed by atoms with Gasteiger partial charge in [-0.3, -0.25) is 9.80 Å². The van der Waals surface area contributed by atoms with Crippen LogP contribution in [-0.4, -0.2) is 48.2 Å². The lowest BCUT2D eigenvalue weighted by Gasteiger charge is -2.35. The lowest BCUT2D eigenvalue weighted by molar-refractivity contribution is 0.121. The van der Waals surface area contributed by atoms with Crippen LogP contribution < -0.4 is 4.74 Å². The molecule has 3 rings (SSSR count). The van der Waals surface area contributed by atoms with Gasteiger partial charge in [0.05, 0.1) is 7.11 Å². The maximum absolute atomic E-state index is 10.0. The fraction of sp³-hybridized carbons (Fsp3) is 0.368. The number of methoxy groups -OCH3 is 1. The maximum Gasteiger partial charge on any atom is 0.120 e. The Hall–Kier alpha value is -1.75. The Morgan fingerprint density at radius 1 is 0.958 bits per heavy atom. The van der Waals surface area contributed by atoms with Crippen LogP contribution in [0.5, 0.6) is 11.5 Å². The van der Waals surface area contributed by atoms with E-state index in [9.17, 15) is 5.11 Å². The van der Waals surface area contributed by atoms with Crippen molar-refractivity contribution in [2.75, 3.05) is 33.3 Å². The van der Waals surface area contributed by atoms with Crippen LogP contribution in [0, 0.1) is 0 Å². The van der Waals surface area contributed by atoms with Crippen molar-refractivity contribution in [1.29, 1.82) is 0 Å². The summed E-state index contributed by atoms with van der Waals surface area (Å²) in [6.45, 7) is 5.56. The predicted octanol–water partition coefficient (Wildman–Crippen LogP) is 3.37. The molecule has 0 radical (unpaired) electrons. The monoisotopic (exact) mass is 346 g/mol. The van der Waals surface area contributed by atoms with Gasteiger partial charge < -0.3 is 9.84 Å². The predicted molar refractivity (Wildman–Crippen MR) is 96.7 cm³/mol. The van der Waals surface area contributed by atoms with Crippen LogP contribution in [0.2, 0.25) is 5.02 Å². The minimum Gasteiger partial charge on any atom is -0.508 e. The number of aromatic hydroxyl groups is 1. The first kappa shape index (κ1) is 17.1. The van der Waals surface area contributed by atoms with Gasteiger partial charge in [0.2, 0.25) is 0 Å². The number of halogens is 1. The van der Waals surface area contributed by atoms with Gasteiger partial charge in [0.25, 0.3) is 0 Å². The van der Waals surface area contributed by atoms with Crippen molar-refractivity contribution in [2.45, 2.75) is 13.1 Å². The van der Waals surface area contributed by atoms with Gasteiger partial charge in [-0.2, -0.15) is 0 Å². The van der Waals surface area contributed by atoms with E-state index < -0.39 is 0 Å². The van der Waals surface area contributed by atoms with Gasteiger partial charge >= 0.3 is 0 Å². The summed E-state index contributed by atoms with van der Waals surface area (Å²) in [6, 6.07) is 13.4. The molecule has 0 aliphatic carbocycles. The first-order chi connectivity index (χ1) is 11.7. The highest BCUT2D eigenvalue weighted by molar-refractivity contribution is 6.31. The number of piperazine rings is 1. The normalized spacial score (nSPS) is 16.2. The fourth-order valence-electron chi connectivity index (χ4n) is 3.03. The molecule has 4 nitrogen and oxygen atoms in total. The number of ether oxygens (including phenoxy) is 1. The number of benzene rings is 2. The zero-order valence-electron chi connectivity index (χ0n) is 13.9. The molecule has 1 aliphatic rings. The van der Waals surface area contributed by atoms with Gasteiger partial charge in [0.15, 0.2) is 0 Å². The molecule has 2 aromatic rings. The zero-order chi connectivity index (χ0) is 16.9. The highest BCUT2D eigenvalue weighted by Gasteiger charge is 2.19. The smallest absolute Gasteiger partial charge is 0.120 e. The van der Waals surface area contributed by atoms with Crippen molar-refractivity contribution in [3.8, 4) is 11.5 Å². The molecule has 0 unspecified atom stereocenters. The third-order valence-corrected chi connectivity index (χ3v) is 4.87. The second-order valence-electron chi connectivity index (χ2n) is 6.14. The summed E-state index contributed by atoms with van der Waals surface area (Å²) in [7, 11) is 1.64. The van der Waals surface area contributed by atoms with Crippen molar-refractivity contribution in [1.82, 2.24) is 9.80 Å². The molecule has 0 amide bonds. The van der Waals surface area contributed by atoms with Crippen molar-refractivity contribution >= 4 is 11.6 Å². The van der Waals surface area contributed by atoms with E-state index >= 15 is 0 Å². The van der Waals surface area contributed by atoms with Gasteiger partial charge in [0.1, 0.15) is 11.5 Å². The lowest BCUT2D eigenvalue weighted by Crippen LogP contribution is -2.45. The van der Waals surface area contributed by atoms with E-state index in [1.165, 1.54) is 5.56 Å². The van der Waals surface area contributed by atoms with Crippen LogP contribution in [0.4, 0.5) is 0 Å². The Morgan fingerprint density at radius 2 is 1.58 bits per heavy atom. The Balaban J connectivity index is 1.55. The standard InChI is InChI=1S/C19H23ClN2O2/c1-24-17-6-7-19(23)16(12-17)14-22-10-8-21(9-11-22)13-15-4-2-3-5-18(15)20/h2-7,12,23H,8-11,13-14H2,1H3. The second kappa shape index (κ2) is 7.88. The van der Waals surface area contributed by atoms with E-state index in [4.69, 9.17) is 16.3 Å². The van der Waals surface area contributed by atoms with Gasteiger partial charge in [-0.05, 0) is 29.8 Å². The Labute approximate surface area is 148 Å². The van der Waals surface area contributed by atoms with Gasteiger partial charge in [-0.1, -0.05) is 29.8 Å². The quantitative estimate of drug-likeness (QED) is 0.900. The highest BCUT2D eigenvalue weighted by atomic mass is 35.5. The summed E-state index contributed by atoms with van der Waals surface area (Å²) >= 11 is 6.25. The van der Waals surface area contributed by atoms with E-state index in [0.717, 1.165) is 55.6 Å². The molecule has 1 heterocycles. The fourth-order valence-corrected chi connectivity index (χ4v) is 3.22. The first-order valence-corrected chi connectivity index (χ1v) is 8.57. The highest BCUT2D eigenvalue weighted by Crippen LogP contribution is 2.25. The van der Waals surface area contributed by atoms with E-state index in [1.807, 2.05) is 24.3 Å². The van der Waals surface area contributed by atoms with Crippen molar-refractivity contribution < 1.29 is 9.84 Å². The van der Waals surface area contributed by atoms with Crippen molar-refractivity contribution in [3.63, 3.8) is 0 Å². The maximum atomic E-state index is 10.0. The molecule has 1 N–H and O–H groups in total. The molecular weight excluding hydrogens is 324 g/mol. The van der Waals surface area contributed by atoms with Crippen LogP contribution in [0.15, 0.2) is 42.5 Å². The number of phenolic OH excluding ortho intramolecular Hbond substituents is 1. The van der Waals surface area contributed by atoms with E-state index in [-0.39, 0.29) is 0 Å². The van der Waals surface area contributed by atoms with Gasteiger partial charge in [-0.15, -0.1) is 0 Å². The molecule has 1 saturated heterocycles. The van der Waals surface area contributed by atoms with Crippen LogP contribution >= 0.6 is 11.6 Å². The third kappa shape index (κ3) is 4.20. The number of hydrogen-bond donors (Lipinski definition) is 1. The summed E-state index contributed by atoms with van der Waals surface area (Å²) in [5.74, 6) is 1.11. The molecule has 1 aliphatic heterocycles. The lowest BCUT2D eigenvalue weighted by atomic mass is 10.1. The number of nitrogens with zero attached hydrogens (tertiary/aromatic N) is 2. The van der Waals surface area contributed by atoms with Crippen LogP contribution in [0.1, 0.15) is 11.1 Å². The third-order valence-electron chi connectivity index (χ3n) is 4.50. The number of rotatable bonds is 5. The Bertz CT molecular complexity index is 685.